The molecule has 1 aromatic carbocycles. The van der Waals surface area contributed by atoms with E-state index < -0.39 is 5.54 Å². The number of methoxy groups -OCH3 is 1. The van der Waals surface area contributed by atoms with Gasteiger partial charge in [-0.1, -0.05) is 30.3 Å². The van der Waals surface area contributed by atoms with Gasteiger partial charge in [-0.05, 0) is 26.3 Å². The largest absolute Gasteiger partial charge is 0.383 e. The van der Waals surface area contributed by atoms with Crippen molar-refractivity contribution in [3.8, 4) is 0 Å². The first-order chi connectivity index (χ1) is 8.95. The predicted molar refractivity (Wildman–Crippen MR) is 76.7 cm³/mol. The van der Waals surface area contributed by atoms with Gasteiger partial charge in [0.2, 0.25) is 5.91 Å². The van der Waals surface area contributed by atoms with Crippen LogP contribution in [0.2, 0.25) is 0 Å². The third-order valence-electron chi connectivity index (χ3n) is 3.36. The number of hydrogen-bond acceptors (Lipinski definition) is 3. The minimum atomic E-state index is -1.01. The average Bonchev–Trinajstić information content (AvgIpc) is 2.40. The van der Waals surface area contributed by atoms with E-state index in [1.54, 1.807) is 18.9 Å². The van der Waals surface area contributed by atoms with Crippen molar-refractivity contribution < 1.29 is 9.53 Å². The fourth-order valence-corrected chi connectivity index (χ4v) is 2.19. The van der Waals surface area contributed by atoms with Gasteiger partial charge in [-0.25, -0.2) is 0 Å². The van der Waals surface area contributed by atoms with Gasteiger partial charge in [-0.2, -0.15) is 0 Å². The van der Waals surface area contributed by atoms with Crippen molar-refractivity contribution in [2.24, 2.45) is 5.73 Å². The van der Waals surface area contributed by atoms with Gasteiger partial charge in [0, 0.05) is 13.7 Å². The number of carbonyl (C=O) groups excluding carboxylic acids is 1. The van der Waals surface area contributed by atoms with Crippen LogP contribution in [0.4, 0.5) is 0 Å². The fourth-order valence-electron chi connectivity index (χ4n) is 2.19. The number of nitrogens with zero attached hydrogens (tertiary/aromatic N) is 1. The highest BCUT2D eigenvalue weighted by molar-refractivity contribution is 5.87. The van der Waals surface area contributed by atoms with Crippen LogP contribution >= 0.6 is 0 Å². The summed E-state index contributed by atoms with van der Waals surface area (Å²) in [5.41, 5.74) is 6.07. The summed E-state index contributed by atoms with van der Waals surface area (Å²) in [7, 11) is 1.63. The molecule has 19 heavy (non-hydrogen) atoms. The first kappa shape index (κ1) is 15.7. The second-order valence-electron chi connectivity index (χ2n) is 4.96. The SMILES string of the molecule is CCN(C(=O)C(C)(N)c1ccccc1)C(C)COC. The third-order valence-corrected chi connectivity index (χ3v) is 3.36. The van der Waals surface area contributed by atoms with Crippen LogP contribution in [0.15, 0.2) is 30.3 Å². The molecule has 0 aliphatic heterocycles. The van der Waals surface area contributed by atoms with Gasteiger partial charge in [0.15, 0.2) is 0 Å². The van der Waals surface area contributed by atoms with Crippen LogP contribution in [-0.4, -0.2) is 37.1 Å². The number of rotatable bonds is 6. The fraction of sp³-hybridized carbons (Fsp3) is 0.533. The molecule has 1 amide bonds. The summed E-state index contributed by atoms with van der Waals surface area (Å²) in [6.07, 6.45) is 0. The minimum Gasteiger partial charge on any atom is -0.383 e. The summed E-state index contributed by atoms with van der Waals surface area (Å²) in [4.78, 5) is 14.4. The van der Waals surface area contributed by atoms with Crippen molar-refractivity contribution in [3.63, 3.8) is 0 Å². The van der Waals surface area contributed by atoms with Crippen molar-refractivity contribution in [1.82, 2.24) is 4.90 Å². The van der Waals surface area contributed by atoms with E-state index in [4.69, 9.17) is 10.5 Å². The molecule has 0 spiro atoms. The van der Waals surface area contributed by atoms with Crippen molar-refractivity contribution in [1.29, 1.82) is 0 Å². The monoisotopic (exact) mass is 264 g/mol. The number of hydrogen-bond donors (Lipinski definition) is 1. The molecule has 1 rings (SSSR count). The molecule has 2 atom stereocenters. The van der Waals surface area contributed by atoms with E-state index in [1.165, 1.54) is 0 Å². The van der Waals surface area contributed by atoms with Gasteiger partial charge in [0.05, 0.1) is 12.6 Å². The van der Waals surface area contributed by atoms with E-state index in [-0.39, 0.29) is 11.9 Å². The van der Waals surface area contributed by atoms with Crippen molar-refractivity contribution >= 4 is 5.91 Å². The summed E-state index contributed by atoms with van der Waals surface area (Å²) in [5, 5.41) is 0. The van der Waals surface area contributed by atoms with E-state index in [0.717, 1.165) is 5.56 Å². The molecule has 0 saturated carbocycles. The Morgan fingerprint density at radius 1 is 1.42 bits per heavy atom. The van der Waals surface area contributed by atoms with Crippen LogP contribution in [0, 0.1) is 0 Å². The van der Waals surface area contributed by atoms with Gasteiger partial charge in [0.1, 0.15) is 5.54 Å². The van der Waals surface area contributed by atoms with Crippen molar-refractivity contribution in [2.75, 3.05) is 20.3 Å². The molecule has 106 valence electrons. The number of benzene rings is 1. The Hall–Kier alpha value is -1.39. The molecule has 2 N–H and O–H groups in total. The van der Waals surface area contributed by atoms with Crippen molar-refractivity contribution in [3.05, 3.63) is 35.9 Å². The van der Waals surface area contributed by atoms with Crippen LogP contribution in [0.1, 0.15) is 26.3 Å². The highest BCUT2D eigenvalue weighted by Gasteiger charge is 2.35. The number of carbonyl (C=O) groups is 1. The Morgan fingerprint density at radius 2 is 2.00 bits per heavy atom. The van der Waals surface area contributed by atoms with Crippen LogP contribution in [-0.2, 0) is 15.1 Å². The first-order valence-electron chi connectivity index (χ1n) is 6.59. The second-order valence-corrected chi connectivity index (χ2v) is 4.96. The molecular weight excluding hydrogens is 240 g/mol. The van der Waals surface area contributed by atoms with Gasteiger partial charge >= 0.3 is 0 Å². The molecule has 0 radical (unpaired) electrons. The number of likely N-dealkylation sites (N-methyl/N-ethyl adjacent to an activating group) is 1. The maximum absolute atomic E-state index is 12.7. The Balaban J connectivity index is 2.96. The number of nitrogens with two attached hydrogens (primary N) is 1. The number of ether oxygens (including phenoxy) is 1. The molecule has 2 unspecified atom stereocenters. The quantitative estimate of drug-likeness (QED) is 0.851. The summed E-state index contributed by atoms with van der Waals surface area (Å²) in [6, 6.07) is 9.47. The van der Waals surface area contributed by atoms with Gasteiger partial charge in [-0.15, -0.1) is 0 Å². The molecule has 0 heterocycles. The third kappa shape index (κ3) is 3.55. The van der Waals surface area contributed by atoms with Crippen LogP contribution in [0.3, 0.4) is 0 Å². The first-order valence-corrected chi connectivity index (χ1v) is 6.59. The molecule has 0 saturated heterocycles. The molecule has 4 nitrogen and oxygen atoms in total. The maximum Gasteiger partial charge on any atom is 0.247 e. The zero-order valence-corrected chi connectivity index (χ0v) is 12.2. The Bertz CT molecular complexity index is 404. The summed E-state index contributed by atoms with van der Waals surface area (Å²) < 4.78 is 5.12. The predicted octanol–water partition coefficient (Wildman–Crippen LogP) is 1.74. The lowest BCUT2D eigenvalue weighted by Crippen LogP contribution is -2.54. The lowest BCUT2D eigenvalue weighted by atomic mass is 9.91. The lowest BCUT2D eigenvalue weighted by Gasteiger charge is -2.35. The summed E-state index contributed by atoms with van der Waals surface area (Å²) in [6.45, 7) is 6.79. The Labute approximate surface area is 115 Å². The standard InChI is InChI=1S/C15H24N2O2/c1-5-17(12(2)11-19-4)14(18)15(3,16)13-9-7-6-8-10-13/h6-10,12H,5,11,16H2,1-4H3. The molecule has 4 heteroatoms. The van der Waals surface area contributed by atoms with Crippen LogP contribution in [0.5, 0.6) is 0 Å². The second kappa shape index (κ2) is 6.68. The van der Waals surface area contributed by atoms with Crippen LogP contribution < -0.4 is 5.73 Å². The van der Waals surface area contributed by atoms with E-state index in [0.29, 0.717) is 13.2 Å². The molecule has 0 aliphatic carbocycles. The van der Waals surface area contributed by atoms with E-state index >= 15 is 0 Å². The molecule has 0 aromatic heterocycles. The van der Waals surface area contributed by atoms with Gasteiger partial charge in [0.25, 0.3) is 0 Å². The lowest BCUT2D eigenvalue weighted by molar-refractivity contribution is -0.139. The maximum atomic E-state index is 12.7. The molecular formula is C15H24N2O2. The molecule has 0 fully saturated rings. The molecule has 1 aromatic rings. The van der Waals surface area contributed by atoms with E-state index in [9.17, 15) is 4.79 Å². The number of amides is 1. The van der Waals surface area contributed by atoms with E-state index in [2.05, 4.69) is 0 Å². The highest BCUT2D eigenvalue weighted by Crippen LogP contribution is 2.21. The van der Waals surface area contributed by atoms with Crippen LogP contribution in [0.25, 0.3) is 0 Å². The molecule has 0 aliphatic rings. The smallest absolute Gasteiger partial charge is 0.247 e. The highest BCUT2D eigenvalue weighted by atomic mass is 16.5. The van der Waals surface area contributed by atoms with Gasteiger partial charge < -0.3 is 15.4 Å². The zero-order chi connectivity index (χ0) is 14.5. The summed E-state index contributed by atoms with van der Waals surface area (Å²) >= 11 is 0. The topological polar surface area (TPSA) is 55.6 Å². The Morgan fingerprint density at radius 3 is 2.47 bits per heavy atom. The van der Waals surface area contributed by atoms with Crippen molar-refractivity contribution in [2.45, 2.75) is 32.4 Å². The van der Waals surface area contributed by atoms with Gasteiger partial charge in [-0.3, -0.25) is 4.79 Å². The minimum absolute atomic E-state index is 0.00841. The van der Waals surface area contributed by atoms with E-state index in [1.807, 2.05) is 44.2 Å². The normalized spacial score (nSPS) is 15.6. The Kier molecular flexibility index (Phi) is 5.51. The molecule has 0 bridgehead atoms. The summed E-state index contributed by atoms with van der Waals surface area (Å²) in [5.74, 6) is -0.0780. The zero-order valence-electron chi connectivity index (χ0n) is 12.2. The average molecular weight is 264 g/mol.